The Labute approximate surface area is 154 Å². The molecular formula is C21H22N2O2S. The standard InChI is InChI=1S/C21H22N2O2S/c1-16-12-14-17(15-13-16)20(22)21(18-8-4-2-5-9-18)23-26(24,25)19-10-6-3-7-11-19/h2-15,20-21,23H,22H2,1H3. The molecule has 5 heteroatoms. The monoisotopic (exact) mass is 366 g/mol. The normalized spacial score (nSPS) is 13.9. The van der Waals surface area contributed by atoms with E-state index in [4.69, 9.17) is 5.73 Å². The summed E-state index contributed by atoms with van der Waals surface area (Å²) in [6, 6.07) is 24.5. The van der Waals surface area contributed by atoms with Crippen LogP contribution >= 0.6 is 0 Å². The third-order valence-corrected chi connectivity index (χ3v) is 5.77. The van der Waals surface area contributed by atoms with Crippen LogP contribution in [-0.4, -0.2) is 8.42 Å². The van der Waals surface area contributed by atoms with Crippen molar-refractivity contribution in [3.05, 3.63) is 102 Å². The lowest BCUT2D eigenvalue weighted by atomic mass is 9.94. The van der Waals surface area contributed by atoms with Crippen LogP contribution in [0.4, 0.5) is 0 Å². The minimum absolute atomic E-state index is 0.219. The van der Waals surface area contributed by atoms with Gasteiger partial charge in [0.15, 0.2) is 0 Å². The van der Waals surface area contributed by atoms with Crippen LogP contribution in [0.5, 0.6) is 0 Å². The summed E-state index contributed by atoms with van der Waals surface area (Å²) in [5.74, 6) is 0. The largest absolute Gasteiger partial charge is 0.322 e. The number of sulfonamides is 1. The molecule has 0 aliphatic rings. The number of nitrogens with two attached hydrogens (primary N) is 1. The van der Waals surface area contributed by atoms with Gasteiger partial charge in [0.25, 0.3) is 0 Å². The van der Waals surface area contributed by atoms with Crippen LogP contribution in [0.3, 0.4) is 0 Å². The third-order valence-electron chi connectivity index (χ3n) is 4.32. The SMILES string of the molecule is Cc1ccc(C(N)C(NS(=O)(=O)c2ccccc2)c2ccccc2)cc1. The molecule has 0 aliphatic heterocycles. The first-order valence-corrected chi connectivity index (χ1v) is 9.90. The highest BCUT2D eigenvalue weighted by atomic mass is 32.2. The molecule has 3 rings (SSSR count). The molecule has 0 aromatic heterocycles. The molecule has 0 amide bonds. The summed E-state index contributed by atoms with van der Waals surface area (Å²) in [5.41, 5.74) is 9.30. The topological polar surface area (TPSA) is 72.2 Å². The van der Waals surface area contributed by atoms with E-state index in [1.54, 1.807) is 30.3 Å². The first kappa shape index (κ1) is 18.3. The molecule has 3 N–H and O–H groups in total. The number of rotatable bonds is 6. The van der Waals surface area contributed by atoms with Crippen molar-refractivity contribution < 1.29 is 8.42 Å². The van der Waals surface area contributed by atoms with Gasteiger partial charge in [0, 0.05) is 0 Å². The summed E-state index contributed by atoms with van der Waals surface area (Å²) in [4.78, 5) is 0.219. The zero-order valence-corrected chi connectivity index (χ0v) is 15.4. The van der Waals surface area contributed by atoms with Crippen molar-refractivity contribution in [3.8, 4) is 0 Å². The maximum absolute atomic E-state index is 12.8. The first-order chi connectivity index (χ1) is 12.5. The minimum Gasteiger partial charge on any atom is -0.322 e. The molecule has 0 aliphatic carbocycles. The van der Waals surface area contributed by atoms with Crippen molar-refractivity contribution in [2.24, 2.45) is 5.73 Å². The van der Waals surface area contributed by atoms with Gasteiger partial charge < -0.3 is 5.73 Å². The number of aryl methyl sites for hydroxylation is 1. The Hall–Kier alpha value is -2.47. The van der Waals surface area contributed by atoms with Crippen LogP contribution in [-0.2, 0) is 10.0 Å². The van der Waals surface area contributed by atoms with Crippen molar-refractivity contribution in [1.29, 1.82) is 0 Å². The summed E-state index contributed by atoms with van der Waals surface area (Å²) in [6.45, 7) is 2.00. The van der Waals surface area contributed by atoms with Gasteiger partial charge in [0.2, 0.25) is 10.0 Å². The van der Waals surface area contributed by atoms with Gasteiger partial charge in [-0.15, -0.1) is 0 Å². The first-order valence-electron chi connectivity index (χ1n) is 8.42. The number of hydrogen-bond donors (Lipinski definition) is 2. The molecule has 3 aromatic carbocycles. The molecule has 0 heterocycles. The number of hydrogen-bond acceptors (Lipinski definition) is 3. The van der Waals surface area contributed by atoms with E-state index < -0.39 is 22.1 Å². The fraction of sp³-hybridized carbons (Fsp3) is 0.143. The summed E-state index contributed by atoms with van der Waals surface area (Å²) >= 11 is 0. The summed E-state index contributed by atoms with van der Waals surface area (Å²) in [6.07, 6.45) is 0. The van der Waals surface area contributed by atoms with E-state index in [1.807, 2.05) is 61.5 Å². The van der Waals surface area contributed by atoms with Crippen molar-refractivity contribution >= 4 is 10.0 Å². The lowest BCUT2D eigenvalue weighted by Crippen LogP contribution is -2.36. The number of benzene rings is 3. The molecule has 0 spiro atoms. The molecule has 2 atom stereocenters. The molecule has 0 radical (unpaired) electrons. The minimum atomic E-state index is -3.70. The zero-order chi connectivity index (χ0) is 18.6. The Morgan fingerprint density at radius 2 is 1.31 bits per heavy atom. The fourth-order valence-corrected chi connectivity index (χ4v) is 4.09. The maximum Gasteiger partial charge on any atom is 0.241 e. The maximum atomic E-state index is 12.8. The summed E-state index contributed by atoms with van der Waals surface area (Å²) in [7, 11) is -3.70. The van der Waals surface area contributed by atoms with Crippen LogP contribution in [0.15, 0.2) is 89.8 Å². The average Bonchev–Trinajstić information content (AvgIpc) is 2.68. The highest BCUT2D eigenvalue weighted by Crippen LogP contribution is 2.29. The van der Waals surface area contributed by atoms with Gasteiger partial charge >= 0.3 is 0 Å². The van der Waals surface area contributed by atoms with Crippen LogP contribution in [0.1, 0.15) is 28.8 Å². The average molecular weight is 366 g/mol. The van der Waals surface area contributed by atoms with Crippen molar-refractivity contribution in [3.63, 3.8) is 0 Å². The molecule has 4 nitrogen and oxygen atoms in total. The Kier molecular flexibility index (Phi) is 5.52. The third kappa shape index (κ3) is 4.19. The van der Waals surface area contributed by atoms with Crippen LogP contribution in [0.2, 0.25) is 0 Å². The van der Waals surface area contributed by atoms with Crippen molar-refractivity contribution in [2.75, 3.05) is 0 Å². The summed E-state index contributed by atoms with van der Waals surface area (Å²) in [5, 5.41) is 0. The van der Waals surface area contributed by atoms with E-state index in [0.717, 1.165) is 16.7 Å². The van der Waals surface area contributed by atoms with Gasteiger partial charge in [-0.25, -0.2) is 13.1 Å². The summed E-state index contributed by atoms with van der Waals surface area (Å²) < 4.78 is 28.5. The Morgan fingerprint density at radius 1 is 0.769 bits per heavy atom. The lowest BCUT2D eigenvalue weighted by molar-refractivity contribution is 0.504. The van der Waals surface area contributed by atoms with Gasteiger partial charge in [-0.3, -0.25) is 0 Å². The Balaban J connectivity index is 1.98. The van der Waals surface area contributed by atoms with Gasteiger partial charge in [-0.2, -0.15) is 0 Å². The second kappa shape index (κ2) is 7.83. The van der Waals surface area contributed by atoms with E-state index in [9.17, 15) is 8.42 Å². The van der Waals surface area contributed by atoms with E-state index in [1.165, 1.54) is 0 Å². The predicted octanol–water partition coefficient (Wildman–Crippen LogP) is 3.71. The van der Waals surface area contributed by atoms with Crippen molar-refractivity contribution in [2.45, 2.75) is 23.9 Å². The highest BCUT2D eigenvalue weighted by molar-refractivity contribution is 7.89. The van der Waals surface area contributed by atoms with Crippen molar-refractivity contribution in [1.82, 2.24) is 4.72 Å². The predicted molar refractivity (Wildman–Crippen MR) is 104 cm³/mol. The fourth-order valence-electron chi connectivity index (χ4n) is 2.83. The molecule has 134 valence electrons. The van der Waals surface area contributed by atoms with Gasteiger partial charge in [0.05, 0.1) is 17.0 Å². The zero-order valence-electron chi connectivity index (χ0n) is 14.5. The van der Waals surface area contributed by atoms with E-state index >= 15 is 0 Å². The molecule has 0 bridgehead atoms. The van der Waals surface area contributed by atoms with Gasteiger partial charge in [-0.1, -0.05) is 78.4 Å². The molecule has 3 aromatic rings. The molecule has 26 heavy (non-hydrogen) atoms. The Bertz CT molecular complexity index is 940. The van der Waals surface area contributed by atoms with E-state index in [-0.39, 0.29) is 4.90 Å². The van der Waals surface area contributed by atoms with E-state index in [0.29, 0.717) is 0 Å². The quantitative estimate of drug-likeness (QED) is 0.698. The molecule has 0 fully saturated rings. The van der Waals surface area contributed by atoms with Crippen LogP contribution in [0, 0.1) is 6.92 Å². The second-order valence-corrected chi connectivity index (χ2v) is 7.97. The Morgan fingerprint density at radius 3 is 1.88 bits per heavy atom. The molecule has 2 unspecified atom stereocenters. The van der Waals surface area contributed by atoms with Gasteiger partial charge in [-0.05, 0) is 30.2 Å². The van der Waals surface area contributed by atoms with E-state index in [2.05, 4.69) is 4.72 Å². The lowest BCUT2D eigenvalue weighted by Gasteiger charge is -2.26. The molecular weight excluding hydrogens is 344 g/mol. The van der Waals surface area contributed by atoms with Crippen LogP contribution < -0.4 is 10.5 Å². The highest BCUT2D eigenvalue weighted by Gasteiger charge is 2.27. The van der Waals surface area contributed by atoms with Crippen LogP contribution in [0.25, 0.3) is 0 Å². The second-order valence-electron chi connectivity index (χ2n) is 6.26. The molecule has 0 saturated heterocycles. The van der Waals surface area contributed by atoms with Gasteiger partial charge in [0.1, 0.15) is 0 Å². The smallest absolute Gasteiger partial charge is 0.241 e. The number of nitrogens with one attached hydrogen (secondary N) is 1. The molecule has 0 saturated carbocycles.